The van der Waals surface area contributed by atoms with Crippen LogP contribution in [0.5, 0.6) is 0 Å². The predicted molar refractivity (Wildman–Crippen MR) is 76.1 cm³/mol. The maximum Gasteiger partial charge on any atom is 0.271 e. The largest absolute Gasteiger partial charge is 0.355 e. The Balaban J connectivity index is 2.75. The van der Waals surface area contributed by atoms with Crippen LogP contribution in [0.1, 0.15) is 31.3 Å². The lowest BCUT2D eigenvalue weighted by atomic mass is 10.1. The summed E-state index contributed by atoms with van der Waals surface area (Å²) in [4.78, 5) is 13.7. The van der Waals surface area contributed by atoms with Gasteiger partial charge in [0.25, 0.3) is 5.91 Å². The predicted octanol–water partition coefficient (Wildman–Crippen LogP) is 0.647. The summed E-state index contributed by atoms with van der Waals surface area (Å²) in [5, 5.41) is 10.8. The number of anilines is 1. The molecule has 0 spiro atoms. The van der Waals surface area contributed by atoms with E-state index in [0.29, 0.717) is 24.7 Å². The summed E-state index contributed by atoms with van der Waals surface area (Å²) in [7, 11) is 0. The first-order chi connectivity index (χ1) is 9.12. The molecule has 0 saturated carbocycles. The fraction of sp³-hybridized carbons (Fsp3) is 0.615. The molecule has 1 amide bonds. The molecule has 0 aromatic carbocycles. The van der Waals surface area contributed by atoms with Gasteiger partial charge < -0.3 is 16.0 Å². The molecule has 0 saturated heterocycles. The molecule has 0 aliphatic carbocycles. The topological polar surface area (TPSA) is 84.1 Å². The van der Waals surface area contributed by atoms with Crippen LogP contribution in [0, 0.1) is 5.92 Å². The Morgan fingerprint density at radius 3 is 2.63 bits per heavy atom. The summed E-state index contributed by atoms with van der Waals surface area (Å²) in [5.41, 5.74) is 5.98. The van der Waals surface area contributed by atoms with E-state index in [2.05, 4.69) is 34.3 Å². The Morgan fingerprint density at radius 2 is 2.16 bits per heavy atom. The fourth-order valence-corrected chi connectivity index (χ4v) is 1.70. The molecule has 0 radical (unpaired) electrons. The molecule has 0 bridgehead atoms. The molecular weight excluding hydrogens is 242 g/mol. The molecule has 0 fully saturated rings. The summed E-state index contributed by atoms with van der Waals surface area (Å²) in [6.45, 7) is 8.91. The zero-order valence-corrected chi connectivity index (χ0v) is 11.9. The lowest BCUT2D eigenvalue weighted by Gasteiger charge is -2.24. The lowest BCUT2D eigenvalue weighted by molar-refractivity contribution is 0.0950. The average Bonchev–Trinajstić information content (AvgIpc) is 2.45. The molecule has 3 N–H and O–H groups in total. The van der Waals surface area contributed by atoms with Gasteiger partial charge in [0, 0.05) is 19.6 Å². The van der Waals surface area contributed by atoms with Gasteiger partial charge in [-0.1, -0.05) is 6.92 Å². The van der Waals surface area contributed by atoms with Gasteiger partial charge in [-0.25, -0.2) is 0 Å². The minimum atomic E-state index is -0.195. The number of nitrogens with one attached hydrogen (secondary N) is 1. The van der Waals surface area contributed by atoms with Crippen LogP contribution in [0.15, 0.2) is 12.1 Å². The number of nitrogens with two attached hydrogens (primary N) is 1. The van der Waals surface area contributed by atoms with Crippen LogP contribution in [0.4, 0.5) is 5.82 Å². The second-order valence-corrected chi connectivity index (χ2v) is 4.52. The standard InChI is InChI=1S/C13H23N5O/c1-4-15-13(19)11-6-7-12(17-16-11)18(5-2)9-10(3)8-14/h6-7,10H,4-5,8-9,14H2,1-3H3,(H,15,19). The summed E-state index contributed by atoms with van der Waals surface area (Å²) >= 11 is 0. The van der Waals surface area contributed by atoms with Gasteiger partial charge in [-0.2, -0.15) is 0 Å². The second kappa shape index (κ2) is 7.68. The molecule has 0 aliphatic heterocycles. The first-order valence-corrected chi connectivity index (χ1v) is 6.69. The van der Waals surface area contributed by atoms with E-state index < -0.39 is 0 Å². The molecule has 6 nitrogen and oxygen atoms in total. The van der Waals surface area contributed by atoms with Crippen molar-refractivity contribution in [3.63, 3.8) is 0 Å². The molecular formula is C13H23N5O. The number of amides is 1. The lowest BCUT2D eigenvalue weighted by Crippen LogP contribution is -2.32. The van der Waals surface area contributed by atoms with Gasteiger partial charge in [-0.3, -0.25) is 4.79 Å². The van der Waals surface area contributed by atoms with Gasteiger partial charge in [-0.05, 0) is 38.4 Å². The van der Waals surface area contributed by atoms with Gasteiger partial charge >= 0.3 is 0 Å². The van der Waals surface area contributed by atoms with E-state index in [1.807, 2.05) is 13.0 Å². The third kappa shape index (κ3) is 4.48. The quantitative estimate of drug-likeness (QED) is 0.756. The first-order valence-electron chi connectivity index (χ1n) is 6.69. The zero-order chi connectivity index (χ0) is 14.3. The van der Waals surface area contributed by atoms with Crippen molar-refractivity contribution in [3.05, 3.63) is 17.8 Å². The minimum absolute atomic E-state index is 0.195. The van der Waals surface area contributed by atoms with Gasteiger partial charge in [0.05, 0.1) is 0 Å². The highest BCUT2D eigenvalue weighted by Gasteiger charge is 2.12. The molecule has 1 rings (SSSR count). The molecule has 1 aromatic heterocycles. The maximum atomic E-state index is 11.6. The Hall–Kier alpha value is -1.69. The average molecular weight is 265 g/mol. The van der Waals surface area contributed by atoms with Crippen molar-refractivity contribution < 1.29 is 4.79 Å². The van der Waals surface area contributed by atoms with E-state index in [-0.39, 0.29) is 5.91 Å². The Labute approximate surface area is 114 Å². The summed E-state index contributed by atoms with van der Waals surface area (Å²) in [5.74, 6) is 0.973. The van der Waals surface area contributed by atoms with Crippen LogP contribution in [0.2, 0.25) is 0 Å². The van der Waals surface area contributed by atoms with Gasteiger partial charge in [-0.15, -0.1) is 10.2 Å². The van der Waals surface area contributed by atoms with Crippen molar-refractivity contribution >= 4 is 11.7 Å². The highest BCUT2D eigenvalue weighted by atomic mass is 16.1. The van der Waals surface area contributed by atoms with Crippen molar-refractivity contribution in [2.45, 2.75) is 20.8 Å². The van der Waals surface area contributed by atoms with E-state index in [9.17, 15) is 4.79 Å². The summed E-state index contributed by atoms with van der Waals surface area (Å²) in [6.07, 6.45) is 0. The normalized spacial score (nSPS) is 12.0. The number of hydrogen-bond donors (Lipinski definition) is 2. The van der Waals surface area contributed by atoms with E-state index in [0.717, 1.165) is 18.9 Å². The van der Waals surface area contributed by atoms with Gasteiger partial charge in [0.2, 0.25) is 0 Å². The van der Waals surface area contributed by atoms with E-state index in [1.165, 1.54) is 0 Å². The second-order valence-electron chi connectivity index (χ2n) is 4.52. The third-order valence-electron chi connectivity index (χ3n) is 2.86. The van der Waals surface area contributed by atoms with Crippen molar-refractivity contribution in [1.82, 2.24) is 15.5 Å². The molecule has 1 unspecified atom stereocenters. The van der Waals surface area contributed by atoms with Gasteiger partial charge in [0.15, 0.2) is 11.5 Å². The van der Waals surface area contributed by atoms with Crippen LogP contribution in [-0.2, 0) is 0 Å². The summed E-state index contributed by atoms with van der Waals surface area (Å²) < 4.78 is 0. The number of carbonyl (C=O) groups is 1. The molecule has 1 heterocycles. The highest BCUT2D eigenvalue weighted by Crippen LogP contribution is 2.11. The smallest absolute Gasteiger partial charge is 0.271 e. The number of carbonyl (C=O) groups excluding carboxylic acids is 1. The highest BCUT2D eigenvalue weighted by molar-refractivity contribution is 5.92. The Morgan fingerprint density at radius 1 is 1.42 bits per heavy atom. The van der Waals surface area contributed by atoms with Crippen molar-refractivity contribution in [3.8, 4) is 0 Å². The Bertz CT molecular complexity index is 393. The molecule has 6 heteroatoms. The summed E-state index contributed by atoms with van der Waals surface area (Å²) in [6, 6.07) is 3.52. The monoisotopic (exact) mass is 265 g/mol. The Kier molecular flexibility index (Phi) is 6.21. The van der Waals surface area contributed by atoms with E-state index in [4.69, 9.17) is 5.73 Å². The molecule has 19 heavy (non-hydrogen) atoms. The van der Waals surface area contributed by atoms with E-state index in [1.54, 1.807) is 6.07 Å². The molecule has 106 valence electrons. The molecule has 0 aliphatic rings. The molecule has 1 atom stereocenters. The van der Waals surface area contributed by atoms with Crippen LogP contribution in [0.3, 0.4) is 0 Å². The zero-order valence-electron chi connectivity index (χ0n) is 11.9. The number of rotatable bonds is 7. The third-order valence-corrected chi connectivity index (χ3v) is 2.86. The molecule has 1 aromatic rings. The number of nitrogens with zero attached hydrogens (tertiary/aromatic N) is 3. The van der Waals surface area contributed by atoms with Crippen molar-refractivity contribution in [2.75, 3.05) is 31.1 Å². The van der Waals surface area contributed by atoms with Crippen LogP contribution < -0.4 is 16.0 Å². The number of aromatic nitrogens is 2. The van der Waals surface area contributed by atoms with Crippen molar-refractivity contribution in [2.24, 2.45) is 11.7 Å². The maximum absolute atomic E-state index is 11.6. The SMILES string of the molecule is CCNC(=O)c1ccc(N(CC)CC(C)CN)nn1. The van der Waals surface area contributed by atoms with Crippen molar-refractivity contribution in [1.29, 1.82) is 0 Å². The van der Waals surface area contributed by atoms with Crippen LogP contribution in [0.25, 0.3) is 0 Å². The first kappa shape index (κ1) is 15.4. The minimum Gasteiger partial charge on any atom is -0.355 e. The van der Waals surface area contributed by atoms with Gasteiger partial charge in [0.1, 0.15) is 0 Å². The van der Waals surface area contributed by atoms with Crippen LogP contribution >= 0.6 is 0 Å². The van der Waals surface area contributed by atoms with E-state index >= 15 is 0 Å². The number of hydrogen-bond acceptors (Lipinski definition) is 5. The van der Waals surface area contributed by atoms with Crippen LogP contribution in [-0.4, -0.2) is 42.3 Å². The fourth-order valence-electron chi connectivity index (χ4n) is 1.70.